The number of hydrogen-bond donors (Lipinski definition) is 1. The SMILES string of the molecule is O=S(=O)(c1ccc(F)cc1Cl)N1CCN(C2CNC2)CC1. The van der Waals surface area contributed by atoms with Gasteiger partial charge in [0, 0.05) is 45.3 Å². The van der Waals surface area contributed by atoms with Crippen LogP contribution in [-0.2, 0) is 10.0 Å². The van der Waals surface area contributed by atoms with Gasteiger partial charge in [-0.2, -0.15) is 4.31 Å². The van der Waals surface area contributed by atoms with Crippen molar-refractivity contribution in [3.8, 4) is 0 Å². The van der Waals surface area contributed by atoms with Crippen LogP contribution in [0.1, 0.15) is 0 Å². The third kappa shape index (κ3) is 2.93. The number of hydrogen-bond acceptors (Lipinski definition) is 4. The van der Waals surface area contributed by atoms with E-state index in [4.69, 9.17) is 11.6 Å². The van der Waals surface area contributed by atoms with Crippen LogP contribution in [0.25, 0.3) is 0 Å². The van der Waals surface area contributed by atoms with Gasteiger partial charge in [0.2, 0.25) is 10.0 Å². The third-order valence-electron chi connectivity index (χ3n) is 4.06. The monoisotopic (exact) mass is 333 g/mol. The summed E-state index contributed by atoms with van der Waals surface area (Å²) in [7, 11) is -3.65. The van der Waals surface area contributed by atoms with Crippen LogP contribution >= 0.6 is 11.6 Å². The lowest BCUT2D eigenvalue weighted by atomic mass is 10.1. The van der Waals surface area contributed by atoms with Gasteiger partial charge in [-0.1, -0.05) is 11.6 Å². The molecule has 1 aromatic carbocycles. The Labute approximate surface area is 128 Å². The lowest BCUT2D eigenvalue weighted by Gasteiger charge is -2.42. The molecule has 3 rings (SSSR count). The number of piperazine rings is 1. The Hall–Kier alpha value is -0.730. The van der Waals surface area contributed by atoms with E-state index in [1.807, 2.05) is 0 Å². The summed E-state index contributed by atoms with van der Waals surface area (Å²) < 4.78 is 39.6. The van der Waals surface area contributed by atoms with Crippen LogP contribution in [-0.4, -0.2) is 62.9 Å². The van der Waals surface area contributed by atoms with Crippen molar-refractivity contribution in [2.75, 3.05) is 39.3 Å². The van der Waals surface area contributed by atoms with Crippen LogP contribution in [0.15, 0.2) is 23.1 Å². The lowest BCUT2D eigenvalue weighted by Crippen LogP contribution is -2.62. The molecule has 21 heavy (non-hydrogen) atoms. The molecule has 8 heteroatoms. The van der Waals surface area contributed by atoms with Gasteiger partial charge in [0.05, 0.1) is 5.02 Å². The van der Waals surface area contributed by atoms with E-state index >= 15 is 0 Å². The van der Waals surface area contributed by atoms with E-state index in [-0.39, 0.29) is 9.92 Å². The molecule has 5 nitrogen and oxygen atoms in total. The van der Waals surface area contributed by atoms with Gasteiger partial charge >= 0.3 is 0 Å². The van der Waals surface area contributed by atoms with Crippen molar-refractivity contribution >= 4 is 21.6 Å². The maximum atomic E-state index is 13.1. The van der Waals surface area contributed by atoms with E-state index in [0.29, 0.717) is 32.2 Å². The predicted molar refractivity (Wildman–Crippen MR) is 78.4 cm³/mol. The molecule has 2 fully saturated rings. The molecule has 2 aliphatic heterocycles. The number of nitrogens with one attached hydrogen (secondary N) is 1. The van der Waals surface area contributed by atoms with Gasteiger partial charge in [0.15, 0.2) is 0 Å². The van der Waals surface area contributed by atoms with Gasteiger partial charge < -0.3 is 5.32 Å². The lowest BCUT2D eigenvalue weighted by molar-refractivity contribution is 0.103. The summed E-state index contributed by atoms with van der Waals surface area (Å²) in [6.07, 6.45) is 0. The maximum absolute atomic E-state index is 13.1. The van der Waals surface area contributed by atoms with Crippen molar-refractivity contribution in [2.45, 2.75) is 10.9 Å². The third-order valence-corrected chi connectivity index (χ3v) is 6.44. The molecule has 0 unspecified atom stereocenters. The molecule has 0 atom stereocenters. The highest BCUT2D eigenvalue weighted by Crippen LogP contribution is 2.26. The number of benzene rings is 1. The van der Waals surface area contributed by atoms with Gasteiger partial charge in [-0.3, -0.25) is 4.90 Å². The fourth-order valence-corrected chi connectivity index (χ4v) is 4.59. The van der Waals surface area contributed by atoms with Gasteiger partial charge in [0.1, 0.15) is 10.7 Å². The Kier molecular flexibility index (Phi) is 4.20. The zero-order valence-electron chi connectivity index (χ0n) is 11.4. The molecule has 2 heterocycles. The molecule has 0 aliphatic carbocycles. The number of sulfonamides is 1. The Bertz CT molecular complexity index is 628. The van der Waals surface area contributed by atoms with Crippen molar-refractivity contribution in [1.82, 2.24) is 14.5 Å². The average Bonchev–Trinajstić information content (AvgIpc) is 2.37. The maximum Gasteiger partial charge on any atom is 0.244 e. The van der Waals surface area contributed by atoms with Gasteiger partial charge in [-0.25, -0.2) is 12.8 Å². The highest BCUT2D eigenvalue weighted by Gasteiger charge is 2.33. The van der Waals surface area contributed by atoms with Gasteiger partial charge in [0.25, 0.3) is 0 Å². The average molecular weight is 334 g/mol. The Morgan fingerprint density at radius 1 is 1.19 bits per heavy atom. The summed E-state index contributed by atoms with van der Waals surface area (Å²) in [5.74, 6) is -0.541. The first-order chi connectivity index (χ1) is 9.98. The summed E-state index contributed by atoms with van der Waals surface area (Å²) >= 11 is 5.88. The topological polar surface area (TPSA) is 52.7 Å². The van der Waals surface area contributed by atoms with Crippen LogP contribution < -0.4 is 5.32 Å². The molecule has 2 aliphatic rings. The Morgan fingerprint density at radius 3 is 2.38 bits per heavy atom. The second-order valence-electron chi connectivity index (χ2n) is 5.33. The fraction of sp³-hybridized carbons (Fsp3) is 0.538. The summed E-state index contributed by atoms with van der Waals surface area (Å²) in [6.45, 7) is 4.24. The molecule has 2 saturated heterocycles. The van der Waals surface area contributed by atoms with Crippen LogP contribution in [0.2, 0.25) is 5.02 Å². The Balaban J connectivity index is 1.73. The minimum absolute atomic E-state index is 0.0238. The smallest absolute Gasteiger partial charge is 0.244 e. The van der Waals surface area contributed by atoms with E-state index < -0.39 is 15.8 Å². The quantitative estimate of drug-likeness (QED) is 0.887. The van der Waals surface area contributed by atoms with Crippen molar-refractivity contribution in [3.63, 3.8) is 0 Å². The number of nitrogens with zero attached hydrogens (tertiary/aromatic N) is 2. The van der Waals surface area contributed by atoms with E-state index in [0.717, 1.165) is 25.2 Å². The zero-order chi connectivity index (χ0) is 15.0. The highest BCUT2D eigenvalue weighted by atomic mass is 35.5. The zero-order valence-corrected chi connectivity index (χ0v) is 13.0. The van der Waals surface area contributed by atoms with Crippen LogP contribution in [0.3, 0.4) is 0 Å². The fourth-order valence-electron chi connectivity index (χ4n) is 2.66. The van der Waals surface area contributed by atoms with Crippen molar-refractivity contribution < 1.29 is 12.8 Å². The molecular formula is C13H17ClFN3O2S. The van der Waals surface area contributed by atoms with E-state index in [1.165, 1.54) is 10.4 Å². The molecule has 1 N–H and O–H groups in total. The molecule has 0 saturated carbocycles. The predicted octanol–water partition coefficient (Wildman–Crippen LogP) is 0.757. The van der Waals surface area contributed by atoms with Crippen molar-refractivity contribution in [2.24, 2.45) is 0 Å². The molecule has 0 bridgehead atoms. The molecule has 1 aromatic rings. The van der Waals surface area contributed by atoms with E-state index in [2.05, 4.69) is 10.2 Å². The summed E-state index contributed by atoms with van der Waals surface area (Å²) in [5.41, 5.74) is 0. The van der Waals surface area contributed by atoms with E-state index in [1.54, 1.807) is 0 Å². The number of halogens is 2. The first kappa shape index (κ1) is 15.2. The van der Waals surface area contributed by atoms with E-state index in [9.17, 15) is 12.8 Å². The second-order valence-corrected chi connectivity index (χ2v) is 7.64. The molecule has 0 aromatic heterocycles. The number of rotatable bonds is 3. The second kappa shape index (κ2) is 5.81. The first-order valence-corrected chi connectivity index (χ1v) is 8.70. The molecule has 0 radical (unpaired) electrons. The Morgan fingerprint density at radius 2 is 1.86 bits per heavy atom. The largest absolute Gasteiger partial charge is 0.314 e. The van der Waals surface area contributed by atoms with Crippen molar-refractivity contribution in [3.05, 3.63) is 29.0 Å². The first-order valence-electron chi connectivity index (χ1n) is 6.88. The highest BCUT2D eigenvalue weighted by molar-refractivity contribution is 7.89. The molecular weight excluding hydrogens is 317 g/mol. The minimum atomic E-state index is -3.65. The van der Waals surface area contributed by atoms with Crippen LogP contribution in [0, 0.1) is 5.82 Å². The van der Waals surface area contributed by atoms with Gasteiger partial charge in [-0.15, -0.1) is 0 Å². The van der Waals surface area contributed by atoms with Crippen LogP contribution in [0.5, 0.6) is 0 Å². The summed E-state index contributed by atoms with van der Waals surface area (Å²) in [4.78, 5) is 2.28. The minimum Gasteiger partial charge on any atom is -0.314 e. The summed E-state index contributed by atoms with van der Waals surface area (Å²) in [5, 5.41) is 3.14. The molecule has 116 valence electrons. The normalized spacial score (nSPS) is 22.2. The molecule has 0 amide bonds. The standard InChI is InChI=1S/C13H17ClFN3O2S/c14-12-7-10(15)1-2-13(12)21(19,20)18-5-3-17(4-6-18)11-8-16-9-11/h1-2,7,11,16H,3-6,8-9H2. The van der Waals surface area contributed by atoms with Crippen molar-refractivity contribution in [1.29, 1.82) is 0 Å². The molecule has 0 spiro atoms. The van der Waals surface area contributed by atoms with Gasteiger partial charge in [-0.05, 0) is 18.2 Å². The van der Waals surface area contributed by atoms with Crippen LogP contribution in [0.4, 0.5) is 4.39 Å². The summed E-state index contributed by atoms with van der Waals surface area (Å²) in [6, 6.07) is 3.90.